The topological polar surface area (TPSA) is 53.1 Å². The van der Waals surface area contributed by atoms with Crippen molar-refractivity contribution in [3.8, 4) is 0 Å². The van der Waals surface area contributed by atoms with E-state index in [0.717, 1.165) is 18.7 Å². The Hall–Kier alpha value is -1.36. The second-order valence-electron chi connectivity index (χ2n) is 5.44. The summed E-state index contributed by atoms with van der Waals surface area (Å²) in [5.41, 5.74) is 7.28. The maximum atomic E-state index is 7.46. The molecule has 21 heavy (non-hydrogen) atoms. The van der Waals surface area contributed by atoms with Crippen LogP contribution in [0.1, 0.15) is 28.8 Å². The summed E-state index contributed by atoms with van der Waals surface area (Å²) in [4.78, 5) is 3.87. The molecule has 3 rings (SSSR count). The fourth-order valence-corrected chi connectivity index (χ4v) is 3.39. The van der Waals surface area contributed by atoms with E-state index < -0.39 is 0 Å². The number of nitrogens with one attached hydrogen (secondary N) is 1. The van der Waals surface area contributed by atoms with Gasteiger partial charge in [-0.05, 0) is 35.9 Å². The van der Waals surface area contributed by atoms with Crippen molar-refractivity contribution >= 4 is 28.8 Å². The van der Waals surface area contributed by atoms with E-state index in [2.05, 4.69) is 22.4 Å². The number of thiophene rings is 1. The van der Waals surface area contributed by atoms with E-state index in [9.17, 15) is 0 Å². The van der Waals surface area contributed by atoms with Crippen LogP contribution in [0.2, 0.25) is 5.02 Å². The van der Waals surface area contributed by atoms with Crippen molar-refractivity contribution in [2.75, 3.05) is 0 Å². The minimum atomic E-state index is 0.0566. The van der Waals surface area contributed by atoms with Gasteiger partial charge in [-0.1, -0.05) is 29.8 Å². The van der Waals surface area contributed by atoms with Crippen molar-refractivity contribution in [3.05, 3.63) is 56.7 Å². The standard InChI is InChI=1S/C16H18ClN3S/c17-15-8-11(16(18)19)3-4-12(15)9-20(13-5-6-13)10-14-2-1-7-21-14/h1-4,7-8,13H,5-6,9-10H2,(H3,18,19). The number of nitrogens with zero attached hydrogens (tertiary/aromatic N) is 1. The lowest BCUT2D eigenvalue weighted by atomic mass is 10.1. The number of nitrogen functional groups attached to an aromatic ring is 1. The Balaban J connectivity index is 1.75. The third kappa shape index (κ3) is 3.64. The summed E-state index contributed by atoms with van der Waals surface area (Å²) >= 11 is 8.15. The Kier molecular flexibility index (Phi) is 4.29. The average Bonchev–Trinajstić information content (AvgIpc) is 3.18. The van der Waals surface area contributed by atoms with E-state index in [1.807, 2.05) is 12.1 Å². The predicted molar refractivity (Wildman–Crippen MR) is 89.1 cm³/mol. The van der Waals surface area contributed by atoms with E-state index >= 15 is 0 Å². The third-order valence-electron chi connectivity index (χ3n) is 3.74. The van der Waals surface area contributed by atoms with Gasteiger partial charge in [0.15, 0.2) is 0 Å². The smallest absolute Gasteiger partial charge is 0.122 e. The number of hydrogen-bond donors (Lipinski definition) is 2. The Bertz CT molecular complexity index is 635. The summed E-state index contributed by atoms with van der Waals surface area (Å²) in [6, 6.07) is 10.6. The highest BCUT2D eigenvalue weighted by atomic mass is 35.5. The second kappa shape index (κ2) is 6.18. The van der Waals surface area contributed by atoms with Gasteiger partial charge in [0.2, 0.25) is 0 Å². The average molecular weight is 320 g/mol. The molecule has 5 heteroatoms. The quantitative estimate of drug-likeness (QED) is 0.627. The Morgan fingerprint density at radius 2 is 2.14 bits per heavy atom. The number of benzene rings is 1. The van der Waals surface area contributed by atoms with Gasteiger partial charge in [0.05, 0.1) is 0 Å². The summed E-state index contributed by atoms with van der Waals surface area (Å²) in [7, 11) is 0. The van der Waals surface area contributed by atoms with Crippen molar-refractivity contribution in [1.82, 2.24) is 4.90 Å². The lowest BCUT2D eigenvalue weighted by Crippen LogP contribution is -2.25. The van der Waals surface area contributed by atoms with Crippen LogP contribution in [-0.2, 0) is 13.1 Å². The predicted octanol–water partition coefficient (Wildman–Crippen LogP) is 3.85. The molecule has 1 aromatic heterocycles. The maximum absolute atomic E-state index is 7.46. The molecule has 3 nitrogen and oxygen atoms in total. The van der Waals surface area contributed by atoms with Gasteiger partial charge in [0.25, 0.3) is 0 Å². The van der Waals surface area contributed by atoms with Crippen LogP contribution in [0.25, 0.3) is 0 Å². The molecule has 1 aromatic carbocycles. The summed E-state index contributed by atoms with van der Waals surface area (Å²) in [6.45, 7) is 1.83. The van der Waals surface area contributed by atoms with Crippen LogP contribution < -0.4 is 5.73 Å². The van der Waals surface area contributed by atoms with Crippen LogP contribution >= 0.6 is 22.9 Å². The van der Waals surface area contributed by atoms with Gasteiger partial charge >= 0.3 is 0 Å². The Morgan fingerprint density at radius 1 is 1.33 bits per heavy atom. The molecule has 0 spiro atoms. The molecule has 1 fully saturated rings. The van der Waals surface area contributed by atoms with Gasteiger partial charge < -0.3 is 5.73 Å². The molecule has 0 bridgehead atoms. The summed E-state index contributed by atoms with van der Waals surface area (Å²) in [6.07, 6.45) is 2.54. The first-order valence-electron chi connectivity index (χ1n) is 7.03. The first-order chi connectivity index (χ1) is 10.1. The molecule has 3 N–H and O–H groups in total. The summed E-state index contributed by atoms with van der Waals surface area (Å²) in [5, 5.41) is 10.3. The molecule has 0 radical (unpaired) electrons. The van der Waals surface area contributed by atoms with E-state index in [1.165, 1.54) is 17.7 Å². The number of amidine groups is 1. The lowest BCUT2D eigenvalue weighted by molar-refractivity contribution is 0.248. The molecular formula is C16H18ClN3S. The van der Waals surface area contributed by atoms with Crippen LogP contribution in [0.4, 0.5) is 0 Å². The van der Waals surface area contributed by atoms with Crippen LogP contribution in [0.3, 0.4) is 0 Å². The van der Waals surface area contributed by atoms with Gasteiger partial charge in [0, 0.05) is 34.6 Å². The van der Waals surface area contributed by atoms with Crippen molar-refractivity contribution in [2.24, 2.45) is 5.73 Å². The first kappa shape index (κ1) is 14.6. The fourth-order valence-electron chi connectivity index (χ4n) is 2.42. The maximum Gasteiger partial charge on any atom is 0.122 e. The van der Waals surface area contributed by atoms with Gasteiger partial charge in [-0.3, -0.25) is 10.3 Å². The highest BCUT2D eigenvalue weighted by Gasteiger charge is 2.29. The van der Waals surface area contributed by atoms with Gasteiger partial charge in [-0.25, -0.2) is 0 Å². The third-order valence-corrected chi connectivity index (χ3v) is 4.95. The molecule has 0 aliphatic heterocycles. The molecule has 0 amide bonds. The Labute approximate surface area is 133 Å². The van der Waals surface area contributed by atoms with Gasteiger partial charge in [0.1, 0.15) is 5.84 Å². The minimum Gasteiger partial charge on any atom is -0.384 e. The van der Waals surface area contributed by atoms with Crippen LogP contribution in [0.5, 0.6) is 0 Å². The highest BCUT2D eigenvalue weighted by Crippen LogP contribution is 2.32. The van der Waals surface area contributed by atoms with E-state index in [0.29, 0.717) is 16.6 Å². The molecule has 1 aliphatic carbocycles. The molecule has 0 unspecified atom stereocenters. The molecular weight excluding hydrogens is 302 g/mol. The first-order valence-corrected chi connectivity index (χ1v) is 8.28. The zero-order valence-electron chi connectivity index (χ0n) is 11.7. The largest absolute Gasteiger partial charge is 0.384 e. The number of hydrogen-bond acceptors (Lipinski definition) is 3. The molecule has 1 aliphatic rings. The van der Waals surface area contributed by atoms with Crippen LogP contribution in [-0.4, -0.2) is 16.8 Å². The molecule has 0 saturated heterocycles. The van der Waals surface area contributed by atoms with Gasteiger partial charge in [-0.2, -0.15) is 0 Å². The van der Waals surface area contributed by atoms with Crippen LogP contribution in [0, 0.1) is 5.41 Å². The fraction of sp³-hybridized carbons (Fsp3) is 0.312. The zero-order valence-corrected chi connectivity index (χ0v) is 13.3. The van der Waals surface area contributed by atoms with Gasteiger partial charge in [-0.15, -0.1) is 11.3 Å². The second-order valence-corrected chi connectivity index (χ2v) is 6.87. The van der Waals surface area contributed by atoms with Crippen molar-refractivity contribution in [2.45, 2.75) is 32.0 Å². The molecule has 1 heterocycles. The molecule has 0 atom stereocenters. The minimum absolute atomic E-state index is 0.0566. The SMILES string of the molecule is N=C(N)c1ccc(CN(Cc2cccs2)C2CC2)c(Cl)c1. The number of rotatable bonds is 6. The molecule has 1 saturated carbocycles. The summed E-state index contributed by atoms with van der Waals surface area (Å²) < 4.78 is 0. The van der Waals surface area contributed by atoms with Crippen molar-refractivity contribution < 1.29 is 0 Å². The van der Waals surface area contributed by atoms with Crippen LogP contribution in [0.15, 0.2) is 35.7 Å². The number of nitrogens with two attached hydrogens (primary N) is 1. The lowest BCUT2D eigenvalue weighted by Gasteiger charge is -2.22. The highest BCUT2D eigenvalue weighted by molar-refractivity contribution is 7.09. The Morgan fingerprint density at radius 3 is 2.71 bits per heavy atom. The number of halogens is 1. The van der Waals surface area contributed by atoms with Crippen molar-refractivity contribution in [1.29, 1.82) is 5.41 Å². The summed E-state index contributed by atoms with van der Waals surface area (Å²) in [5.74, 6) is 0.0566. The van der Waals surface area contributed by atoms with E-state index in [4.69, 9.17) is 22.7 Å². The monoisotopic (exact) mass is 319 g/mol. The molecule has 110 valence electrons. The zero-order chi connectivity index (χ0) is 14.8. The van der Waals surface area contributed by atoms with E-state index in [1.54, 1.807) is 17.4 Å². The molecule has 2 aromatic rings. The van der Waals surface area contributed by atoms with E-state index in [-0.39, 0.29) is 5.84 Å². The normalized spacial score (nSPS) is 14.6. The van der Waals surface area contributed by atoms with Crippen molar-refractivity contribution in [3.63, 3.8) is 0 Å².